The van der Waals surface area contributed by atoms with Gasteiger partial charge in [0.1, 0.15) is 5.60 Å². The minimum atomic E-state index is -0.900. The third-order valence-corrected chi connectivity index (χ3v) is 6.56. The standard InChI is InChI=1S/C20H24N2O4/c23-18(24)21-11-16(10-13-4-2-1-3-5-13)22-17(12-21)20(14-6-7-14,15-8-9-15)26-19(22)25/h1-5,14-17H,6-12H2,(H,23,24). The number of amides is 2. The summed E-state index contributed by atoms with van der Waals surface area (Å²) in [5, 5.41) is 9.67. The first-order valence-corrected chi connectivity index (χ1v) is 9.62. The first-order chi connectivity index (χ1) is 12.6. The van der Waals surface area contributed by atoms with Crippen molar-refractivity contribution in [2.45, 2.75) is 49.8 Å². The number of rotatable bonds is 4. The van der Waals surface area contributed by atoms with Crippen LogP contribution < -0.4 is 0 Å². The predicted molar refractivity (Wildman–Crippen MR) is 93.8 cm³/mol. The first-order valence-electron chi connectivity index (χ1n) is 9.62. The summed E-state index contributed by atoms with van der Waals surface area (Å²) < 4.78 is 6.11. The van der Waals surface area contributed by atoms with Crippen molar-refractivity contribution in [1.82, 2.24) is 9.80 Å². The van der Waals surface area contributed by atoms with Crippen LogP contribution in [0.15, 0.2) is 30.3 Å². The van der Waals surface area contributed by atoms with Gasteiger partial charge in [0.05, 0.1) is 12.1 Å². The minimum absolute atomic E-state index is 0.145. The molecule has 6 heteroatoms. The molecule has 26 heavy (non-hydrogen) atoms. The molecule has 2 aliphatic heterocycles. The topological polar surface area (TPSA) is 70.1 Å². The van der Waals surface area contributed by atoms with E-state index < -0.39 is 11.7 Å². The molecule has 0 bridgehead atoms. The zero-order chi connectivity index (χ0) is 17.9. The predicted octanol–water partition coefficient (Wildman–Crippen LogP) is 2.97. The van der Waals surface area contributed by atoms with Crippen LogP contribution in [0.1, 0.15) is 31.2 Å². The highest BCUT2D eigenvalue weighted by Crippen LogP contribution is 2.60. The Hall–Kier alpha value is -2.24. The van der Waals surface area contributed by atoms with Crippen LogP contribution in [-0.4, -0.2) is 57.9 Å². The number of cyclic esters (lactones) is 1. The van der Waals surface area contributed by atoms with Crippen LogP contribution in [0.4, 0.5) is 9.59 Å². The second-order valence-corrected chi connectivity index (χ2v) is 8.22. The molecule has 4 fully saturated rings. The molecule has 6 nitrogen and oxygen atoms in total. The maximum absolute atomic E-state index is 12.9. The number of benzene rings is 1. The van der Waals surface area contributed by atoms with E-state index in [9.17, 15) is 14.7 Å². The average Bonchev–Trinajstić information content (AvgIpc) is 3.54. The summed E-state index contributed by atoms with van der Waals surface area (Å²) in [5.41, 5.74) is 0.659. The maximum atomic E-state index is 12.9. The van der Waals surface area contributed by atoms with Gasteiger partial charge in [-0.1, -0.05) is 30.3 Å². The fourth-order valence-corrected chi connectivity index (χ4v) is 5.19. The highest BCUT2D eigenvalue weighted by atomic mass is 16.6. The number of carbonyl (C=O) groups is 2. The minimum Gasteiger partial charge on any atom is -0.465 e. The summed E-state index contributed by atoms with van der Waals surface area (Å²) in [6, 6.07) is 9.67. The van der Waals surface area contributed by atoms with Crippen molar-refractivity contribution in [1.29, 1.82) is 0 Å². The first kappa shape index (κ1) is 16.0. The molecular formula is C20H24N2O4. The Kier molecular flexibility index (Phi) is 3.46. The van der Waals surface area contributed by atoms with Gasteiger partial charge in [0, 0.05) is 24.9 Å². The zero-order valence-electron chi connectivity index (χ0n) is 14.7. The van der Waals surface area contributed by atoms with Crippen molar-refractivity contribution in [2.24, 2.45) is 11.8 Å². The summed E-state index contributed by atoms with van der Waals surface area (Å²) >= 11 is 0. The lowest BCUT2D eigenvalue weighted by atomic mass is 9.81. The van der Waals surface area contributed by atoms with E-state index in [0.29, 0.717) is 31.3 Å². The Labute approximate surface area is 152 Å². The van der Waals surface area contributed by atoms with Gasteiger partial charge in [-0.15, -0.1) is 0 Å². The summed E-state index contributed by atoms with van der Waals surface area (Å²) in [4.78, 5) is 28.1. The van der Waals surface area contributed by atoms with Crippen molar-refractivity contribution in [3.05, 3.63) is 35.9 Å². The second-order valence-electron chi connectivity index (χ2n) is 8.22. The Balaban J connectivity index is 1.50. The van der Waals surface area contributed by atoms with Crippen LogP contribution >= 0.6 is 0 Å². The Morgan fingerprint density at radius 2 is 1.77 bits per heavy atom. The fraction of sp³-hybridized carbons (Fsp3) is 0.600. The maximum Gasteiger partial charge on any atom is 0.411 e. The molecule has 1 aromatic carbocycles. The van der Waals surface area contributed by atoms with E-state index in [0.717, 1.165) is 31.2 Å². The number of ether oxygens (including phenoxy) is 1. The van der Waals surface area contributed by atoms with Gasteiger partial charge >= 0.3 is 12.2 Å². The van der Waals surface area contributed by atoms with Crippen molar-refractivity contribution in [3.8, 4) is 0 Å². The second kappa shape index (κ2) is 5.63. The summed E-state index contributed by atoms with van der Waals surface area (Å²) in [7, 11) is 0. The summed E-state index contributed by atoms with van der Waals surface area (Å²) in [5.74, 6) is 0.806. The number of hydrogen-bond donors (Lipinski definition) is 1. The van der Waals surface area contributed by atoms with Crippen LogP contribution in [0.3, 0.4) is 0 Å². The Morgan fingerprint density at radius 3 is 2.35 bits per heavy atom. The molecular weight excluding hydrogens is 332 g/mol. The third kappa shape index (κ3) is 2.38. The third-order valence-electron chi connectivity index (χ3n) is 6.56. The van der Waals surface area contributed by atoms with Gasteiger partial charge in [0.2, 0.25) is 0 Å². The molecule has 2 atom stereocenters. The molecule has 2 aliphatic carbocycles. The molecule has 2 heterocycles. The lowest BCUT2D eigenvalue weighted by molar-refractivity contribution is -0.0276. The normalized spacial score (nSPS) is 30.1. The van der Waals surface area contributed by atoms with E-state index in [1.165, 1.54) is 4.90 Å². The van der Waals surface area contributed by atoms with Gasteiger partial charge < -0.3 is 14.7 Å². The molecule has 0 radical (unpaired) electrons. The SMILES string of the molecule is O=C(O)N1CC(Cc2ccccc2)N2C(=O)OC(C3CC3)(C3CC3)C2C1. The van der Waals surface area contributed by atoms with E-state index in [4.69, 9.17) is 4.74 Å². The highest BCUT2D eigenvalue weighted by molar-refractivity contribution is 5.74. The van der Waals surface area contributed by atoms with Crippen LogP contribution in [0, 0.1) is 11.8 Å². The number of carbonyl (C=O) groups excluding carboxylic acids is 1. The lowest BCUT2D eigenvalue weighted by Crippen LogP contribution is -2.64. The van der Waals surface area contributed by atoms with Gasteiger partial charge in [0.25, 0.3) is 0 Å². The van der Waals surface area contributed by atoms with Crippen molar-refractivity contribution < 1.29 is 19.4 Å². The average molecular weight is 356 g/mol. The molecule has 138 valence electrons. The zero-order valence-corrected chi connectivity index (χ0v) is 14.7. The summed E-state index contributed by atoms with van der Waals surface area (Å²) in [6.45, 7) is 0.723. The van der Waals surface area contributed by atoms with Crippen LogP contribution in [0.5, 0.6) is 0 Å². The molecule has 0 aromatic heterocycles. The molecule has 1 N–H and O–H groups in total. The number of carboxylic acid groups (broad SMARTS) is 1. The Bertz CT molecular complexity index is 717. The van der Waals surface area contributed by atoms with E-state index in [1.807, 2.05) is 35.2 Å². The molecule has 2 unspecified atom stereocenters. The molecule has 5 rings (SSSR count). The number of hydrogen-bond acceptors (Lipinski definition) is 3. The number of fused-ring (bicyclic) bond motifs is 1. The van der Waals surface area contributed by atoms with Crippen molar-refractivity contribution in [3.63, 3.8) is 0 Å². The molecule has 1 aromatic rings. The van der Waals surface area contributed by atoms with Crippen molar-refractivity contribution >= 4 is 12.2 Å². The van der Waals surface area contributed by atoms with Crippen LogP contribution in [0.2, 0.25) is 0 Å². The largest absolute Gasteiger partial charge is 0.465 e. The number of nitrogens with zero attached hydrogens (tertiary/aromatic N) is 2. The molecule has 2 saturated heterocycles. The molecule has 2 saturated carbocycles. The van der Waals surface area contributed by atoms with Gasteiger partial charge in [-0.25, -0.2) is 9.59 Å². The van der Waals surface area contributed by atoms with E-state index in [2.05, 4.69) is 0 Å². The highest BCUT2D eigenvalue weighted by Gasteiger charge is 2.69. The van der Waals surface area contributed by atoms with E-state index in [1.54, 1.807) is 0 Å². The monoisotopic (exact) mass is 356 g/mol. The van der Waals surface area contributed by atoms with Gasteiger partial charge in [-0.3, -0.25) is 4.90 Å². The van der Waals surface area contributed by atoms with E-state index in [-0.39, 0.29) is 18.2 Å². The quantitative estimate of drug-likeness (QED) is 0.900. The van der Waals surface area contributed by atoms with Crippen molar-refractivity contribution in [2.75, 3.05) is 13.1 Å². The smallest absolute Gasteiger partial charge is 0.411 e. The van der Waals surface area contributed by atoms with Gasteiger partial charge in [-0.05, 0) is 37.7 Å². The van der Waals surface area contributed by atoms with Crippen LogP contribution in [0.25, 0.3) is 0 Å². The van der Waals surface area contributed by atoms with Gasteiger partial charge in [-0.2, -0.15) is 0 Å². The Morgan fingerprint density at radius 1 is 1.12 bits per heavy atom. The van der Waals surface area contributed by atoms with E-state index >= 15 is 0 Å². The molecule has 0 spiro atoms. The lowest BCUT2D eigenvalue weighted by Gasteiger charge is -2.45. The summed E-state index contributed by atoms with van der Waals surface area (Å²) in [6.07, 6.45) is 3.87. The van der Waals surface area contributed by atoms with Crippen LogP contribution in [-0.2, 0) is 11.2 Å². The fourth-order valence-electron chi connectivity index (χ4n) is 5.19. The molecule has 4 aliphatic rings. The molecule has 2 amide bonds. The number of piperazine rings is 1. The van der Waals surface area contributed by atoms with Gasteiger partial charge in [0.15, 0.2) is 0 Å².